The van der Waals surface area contributed by atoms with Gasteiger partial charge in [0, 0.05) is 22.7 Å². The molecule has 2 aromatic heterocycles. The number of ether oxygens (including phenoxy) is 1. The molecule has 0 bridgehead atoms. The monoisotopic (exact) mass is 377 g/mol. The first-order valence-corrected chi connectivity index (χ1v) is 10.5. The SMILES string of the molecule is CCOc1ccccc1CSc1nnc(NCCc2cccs2)s1. The van der Waals surface area contributed by atoms with Crippen molar-refractivity contribution in [3.63, 3.8) is 0 Å². The number of aromatic nitrogens is 2. The van der Waals surface area contributed by atoms with Crippen LogP contribution in [0.1, 0.15) is 17.4 Å². The molecule has 0 aliphatic rings. The lowest BCUT2D eigenvalue weighted by Crippen LogP contribution is -2.03. The van der Waals surface area contributed by atoms with E-state index in [0.717, 1.165) is 33.9 Å². The summed E-state index contributed by atoms with van der Waals surface area (Å²) in [6.45, 7) is 3.56. The Morgan fingerprint density at radius 3 is 2.92 bits per heavy atom. The summed E-state index contributed by atoms with van der Waals surface area (Å²) in [4.78, 5) is 1.38. The first-order valence-electron chi connectivity index (χ1n) is 7.78. The summed E-state index contributed by atoms with van der Waals surface area (Å²) in [7, 11) is 0. The summed E-state index contributed by atoms with van der Waals surface area (Å²) in [5.74, 6) is 1.78. The van der Waals surface area contributed by atoms with E-state index in [1.165, 1.54) is 10.4 Å². The predicted molar refractivity (Wildman–Crippen MR) is 104 cm³/mol. The average Bonchev–Trinajstić information content (AvgIpc) is 3.26. The minimum Gasteiger partial charge on any atom is -0.494 e. The van der Waals surface area contributed by atoms with E-state index in [2.05, 4.69) is 39.1 Å². The fourth-order valence-corrected chi connectivity index (χ4v) is 4.62. The molecule has 0 aliphatic heterocycles. The zero-order valence-corrected chi connectivity index (χ0v) is 15.8. The summed E-state index contributed by atoms with van der Waals surface area (Å²) in [5, 5.41) is 14.8. The molecule has 0 amide bonds. The number of anilines is 1. The first kappa shape index (κ1) is 17.3. The first-order chi connectivity index (χ1) is 11.8. The van der Waals surface area contributed by atoms with E-state index in [4.69, 9.17) is 4.74 Å². The molecule has 1 N–H and O–H groups in total. The summed E-state index contributed by atoms with van der Waals surface area (Å²) in [6.07, 6.45) is 1.02. The van der Waals surface area contributed by atoms with Crippen molar-refractivity contribution >= 4 is 39.6 Å². The van der Waals surface area contributed by atoms with Crippen molar-refractivity contribution in [3.8, 4) is 5.75 Å². The molecule has 4 nitrogen and oxygen atoms in total. The fraction of sp³-hybridized carbons (Fsp3) is 0.294. The number of hydrogen-bond acceptors (Lipinski definition) is 7. The van der Waals surface area contributed by atoms with Gasteiger partial charge in [-0.25, -0.2) is 0 Å². The second-order valence-corrected chi connectivity index (χ2v) is 8.19. The van der Waals surface area contributed by atoms with Crippen molar-refractivity contribution < 1.29 is 4.74 Å². The highest BCUT2D eigenvalue weighted by atomic mass is 32.2. The molecule has 7 heteroatoms. The normalized spacial score (nSPS) is 10.7. The van der Waals surface area contributed by atoms with Gasteiger partial charge in [-0.1, -0.05) is 47.4 Å². The van der Waals surface area contributed by atoms with Gasteiger partial charge >= 0.3 is 0 Å². The molecular formula is C17H19N3OS3. The Balaban J connectivity index is 1.49. The van der Waals surface area contributed by atoms with Crippen molar-refractivity contribution in [2.24, 2.45) is 0 Å². The highest BCUT2D eigenvalue weighted by molar-refractivity contribution is 8.00. The quantitative estimate of drug-likeness (QED) is 0.535. The van der Waals surface area contributed by atoms with Crippen molar-refractivity contribution in [1.29, 1.82) is 0 Å². The molecule has 0 radical (unpaired) electrons. The highest BCUT2D eigenvalue weighted by Gasteiger charge is 2.08. The third kappa shape index (κ3) is 4.96. The third-order valence-corrected chi connectivity index (χ3v) is 6.26. The van der Waals surface area contributed by atoms with Crippen LogP contribution in [-0.4, -0.2) is 23.3 Å². The van der Waals surface area contributed by atoms with Gasteiger partial charge in [0.1, 0.15) is 5.75 Å². The van der Waals surface area contributed by atoms with E-state index in [1.807, 2.05) is 25.1 Å². The van der Waals surface area contributed by atoms with Gasteiger partial charge in [0.2, 0.25) is 5.13 Å². The molecule has 24 heavy (non-hydrogen) atoms. The van der Waals surface area contributed by atoms with Crippen LogP contribution in [0.3, 0.4) is 0 Å². The minimum atomic E-state index is 0.679. The molecule has 0 fully saturated rings. The van der Waals surface area contributed by atoms with E-state index in [9.17, 15) is 0 Å². The zero-order valence-electron chi connectivity index (χ0n) is 13.4. The molecule has 3 rings (SSSR count). The van der Waals surface area contributed by atoms with Crippen molar-refractivity contribution in [2.45, 2.75) is 23.4 Å². The standard InChI is InChI=1S/C17H19N3OS3/c1-2-21-15-8-4-3-6-13(15)12-23-17-20-19-16(24-17)18-10-9-14-7-5-11-22-14/h3-8,11H,2,9-10,12H2,1H3,(H,18,19). The summed E-state index contributed by atoms with van der Waals surface area (Å²) in [6, 6.07) is 12.4. The molecule has 126 valence electrons. The molecule has 3 aromatic rings. The van der Waals surface area contributed by atoms with Crippen LogP contribution < -0.4 is 10.1 Å². The van der Waals surface area contributed by atoms with E-state index in [0.29, 0.717) is 6.61 Å². The van der Waals surface area contributed by atoms with Crippen LogP contribution in [0.25, 0.3) is 0 Å². The van der Waals surface area contributed by atoms with Crippen molar-refractivity contribution in [3.05, 3.63) is 52.2 Å². The van der Waals surface area contributed by atoms with E-state index in [-0.39, 0.29) is 0 Å². The lowest BCUT2D eigenvalue weighted by molar-refractivity contribution is 0.337. The maximum Gasteiger partial charge on any atom is 0.206 e. The number of benzene rings is 1. The number of thiophene rings is 1. The lowest BCUT2D eigenvalue weighted by Gasteiger charge is -2.08. The molecule has 0 unspecified atom stereocenters. The Kier molecular flexibility index (Phi) is 6.51. The van der Waals surface area contributed by atoms with Crippen LogP contribution in [0.2, 0.25) is 0 Å². The number of nitrogens with one attached hydrogen (secondary N) is 1. The van der Waals surface area contributed by atoms with Crippen LogP contribution in [0, 0.1) is 0 Å². The Labute approximate surface area is 154 Å². The van der Waals surface area contributed by atoms with Gasteiger partial charge in [-0.05, 0) is 30.9 Å². The van der Waals surface area contributed by atoms with Crippen molar-refractivity contribution in [2.75, 3.05) is 18.5 Å². The maximum atomic E-state index is 5.66. The second-order valence-electron chi connectivity index (χ2n) is 4.96. The minimum absolute atomic E-state index is 0.679. The lowest BCUT2D eigenvalue weighted by atomic mass is 10.2. The third-order valence-electron chi connectivity index (χ3n) is 3.26. The Morgan fingerprint density at radius 2 is 2.08 bits per heavy atom. The van der Waals surface area contributed by atoms with Gasteiger partial charge < -0.3 is 10.1 Å². The van der Waals surface area contributed by atoms with Gasteiger partial charge in [0.25, 0.3) is 0 Å². The molecule has 0 saturated carbocycles. The van der Waals surface area contributed by atoms with E-state index in [1.54, 1.807) is 34.4 Å². The molecule has 1 aromatic carbocycles. The van der Waals surface area contributed by atoms with Crippen molar-refractivity contribution in [1.82, 2.24) is 10.2 Å². The number of thioether (sulfide) groups is 1. The highest BCUT2D eigenvalue weighted by Crippen LogP contribution is 2.31. The summed E-state index contributed by atoms with van der Waals surface area (Å²) < 4.78 is 6.63. The zero-order chi connectivity index (χ0) is 16.6. The molecule has 2 heterocycles. The van der Waals surface area contributed by atoms with Crippen LogP contribution in [0.15, 0.2) is 46.1 Å². The Bertz CT molecular complexity index is 743. The number of para-hydroxylation sites is 1. The molecule has 0 spiro atoms. The molecular weight excluding hydrogens is 358 g/mol. The Morgan fingerprint density at radius 1 is 1.17 bits per heavy atom. The number of hydrogen-bond donors (Lipinski definition) is 1. The summed E-state index contributed by atoms with van der Waals surface area (Å²) in [5.41, 5.74) is 1.19. The van der Waals surface area contributed by atoms with Crippen LogP contribution in [0.4, 0.5) is 5.13 Å². The van der Waals surface area contributed by atoms with Crippen LogP contribution >= 0.6 is 34.4 Å². The second kappa shape index (κ2) is 9.05. The molecule has 0 saturated heterocycles. The topological polar surface area (TPSA) is 47.0 Å². The van der Waals surface area contributed by atoms with Crippen LogP contribution in [-0.2, 0) is 12.2 Å². The maximum absolute atomic E-state index is 5.66. The van der Waals surface area contributed by atoms with Gasteiger partial charge in [0.15, 0.2) is 4.34 Å². The van der Waals surface area contributed by atoms with Gasteiger partial charge in [-0.15, -0.1) is 21.5 Å². The largest absolute Gasteiger partial charge is 0.494 e. The number of rotatable bonds is 9. The van der Waals surface area contributed by atoms with Crippen LogP contribution in [0.5, 0.6) is 5.75 Å². The average molecular weight is 378 g/mol. The van der Waals surface area contributed by atoms with E-state index < -0.39 is 0 Å². The molecule has 0 aliphatic carbocycles. The smallest absolute Gasteiger partial charge is 0.206 e. The molecule has 0 atom stereocenters. The number of nitrogens with zero attached hydrogens (tertiary/aromatic N) is 2. The summed E-state index contributed by atoms with van der Waals surface area (Å²) >= 11 is 5.08. The Hall–Kier alpha value is -1.57. The van der Waals surface area contributed by atoms with Gasteiger partial charge in [-0.2, -0.15) is 0 Å². The van der Waals surface area contributed by atoms with Gasteiger partial charge in [0.05, 0.1) is 6.61 Å². The van der Waals surface area contributed by atoms with Gasteiger partial charge in [-0.3, -0.25) is 0 Å². The fourth-order valence-electron chi connectivity index (χ4n) is 2.15. The predicted octanol–water partition coefficient (Wildman–Crippen LogP) is 4.95. The van der Waals surface area contributed by atoms with E-state index >= 15 is 0 Å².